The number of likely N-dealkylation sites (N-methyl/N-ethyl adjacent to an activating group) is 1. The lowest BCUT2D eigenvalue weighted by Gasteiger charge is -2.35. The Hall–Kier alpha value is -2.76. The van der Waals surface area contributed by atoms with E-state index in [2.05, 4.69) is 85.4 Å². The molecule has 2 aromatic carbocycles. The summed E-state index contributed by atoms with van der Waals surface area (Å²) in [4.78, 5) is 15.4. The third-order valence-electron chi connectivity index (χ3n) is 8.35. The van der Waals surface area contributed by atoms with Crippen LogP contribution in [-0.2, 0) is 25.7 Å². The van der Waals surface area contributed by atoms with Gasteiger partial charge in [-0.25, -0.2) is 9.97 Å². The predicted octanol–water partition coefficient (Wildman–Crippen LogP) is 5.54. The minimum absolute atomic E-state index is 0.445. The van der Waals surface area contributed by atoms with Crippen LogP contribution in [0, 0.1) is 6.92 Å². The highest BCUT2D eigenvalue weighted by Crippen LogP contribution is 2.32. The quantitative estimate of drug-likeness (QED) is 0.443. The minimum atomic E-state index is 0.445. The van der Waals surface area contributed by atoms with E-state index in [9.17, 15) is 0 Å². The first-order chi connectivity index (χ1) is 18.1. The van der Waals surface area contributed by atoms with Gasteiger partial charge in [-0.1, -0.05) is 56.3 Å². The van der Waals surface area contributed by atoms with Crippen molar-refractivity contribution >= 4 is 5.82 Å². The summed E-state index contributed by atoms with van der Waals surface area (Å²) >= 11 is 0. The van der Waals surface area contributed by atoms with Gasteiger partial charge in [0.2, 0.25) is 0 Å². The summed E-state index contributed by atoms with van der Waals surface area (Å²) in [5.41, 5.74) is 9.35. The normalized spacial score (nSPS) is 18.2. The number of fused-ring (bicyclic) bond motifs is 1. The van der Waals surface area contributed by atoms with Gasteiger partial charge in [0.1, 0.15) is 5.82 Å². The number of aromatic nitrogens is 2. The van der Waals surface area contributed by atoms with Crippen LogP contribution < -0.4 is 10.2 Å². The lowest BCUT2D eigenvalue weighted by atomic mass is 9.87. The topological polar surface area (TPSA) is 44.3 Å². The van der Waals surface area contributed by atoms with Crippen LogP contribution in [0.1, 0.15) is 66.2 Å². The molecule has 37 heavy (non-hydrogen) atoms. The molecule has 1 saturated heterocycles. The lowest BCUT2D eigenvalue weighted by Crippen LogP contribution is -2.45. The maximum Gasteiger partial charge on any atom is 0.162 e. The van der Waals surface area contributed by atoms with E-state index < -0.39 is 0 Å². The van der Waals surface area contributed by atoms with Gasteiger partial charge in [0.25, 0.3) is 0 Å². The maximum absolute atomic E-state index is 5.34. The summed E-state index contributed by atoms with van der Waals surface area (Å²) in [6.45, 7) is 11.8. The number of hydrogen-bond donors (Lipinski definition) is 1. The van der Waals surface area contributed by atoms with Crippen molar-refractivity contribution in [2.45, 2.75) is 65.3 Å². The fourth-order valence-electron chi connectivity index (χ4n) is 6.13. The highest BCUT2D eigenvalue weighted by atomic mass is 15.3. The van der Waals surface area contributed by atoms with Crippen LogP contribution in [0.25, 0.3) is 11.4 Å². The van der Waals surface area contributed by atoms with Crippen molar-refractivity contribution in [1.82, 2.24) is 20.2 Å². The van der Waals surface area contributed by atoms with Gasteiger partial charge in [0.05, 0.1) is 0 Å². The van der Waals surface area contributed by atoms with Gasteiger partial charge in [0.15, 0.2) is 5.82 Å². The SMILES string of the molecule is CCc1cccc(CC)c1-c1nc(C)c(CCN[C@H]2CCCc3ccccc32)c(N2CCN(C)CC2)n1. The molecule has 5 nitrogen and oxygen atoms in total. The molecule has 1 aliphatic carbocycles. The summed E-state index contributed by atoms with van der Waals surface area (Å²) in [5, 5.41) is 3.89. The summed E-state index contributed by atoms with van der Waals surface area (Å²) in [7, 11) is 2.21. The van der Waals surface area contributed by atoms with Crippen LogP contribution >= 0.6 is 0 Å². The summed E-state index contributed by atoms with van der Waals surface area (Å²) < 4.78 is 0. The number of nitrogens with zero attached hydrogens (tertiary/aromatic N) is 4. The third-order valence-corrected chi connectivity index (χ3v) is 8.35. The molecule has 5 heteroatoms. The number of hydrogen-bond acceptors (Lipinski definition) is 5. The molecule has 0 radical (unpaired) electrons. The molecule has 0 saturated carbocycles. The van der Waals surface area contributed by atoms with E-state index in [0.29, 0.717) is 6.04 Å². The highest BCUT2D eigenvalue weighted by molar-refractivity contribution is 5.68. The molecule has 1 atom stereocenters. The monoisotopic (exact) mass is 497 g/mol. The summed E-state index contributed by atoms with van der Waals surface area (Å²) in [5.74, 6) is 2.05. The Morgan fingerprint density at radius 2 is 1.65 bits per heavy atom. The van der Waals surface area contributed by atoms with Gasteiger partial charge >= 0.3 is 0 Å². The molecular formula is C32H43N5. The Labute approximate surface area is 223 Å². The molecule has 2 heterocycles. The summed E-state index contributed by atoms with van der Waals surface area (Å²) in [6.07, 6.45) is 6.60. The zero-order chi connectivity index (χ0) is 25.8. The van der Waals surface area contributed by atoms with E-state index >= 15 is 0 Å². The first kappa shape index (κ1) is 25.9. The number of benzene rings is 2. The van der Waals surface area contributed by atoms with Crippen molar-refractivity contribution < 1.29 is 0 Å². The fourth-order valence-corrected chi connectivity index (χ4v) is 6.13. The van der Waals surface area contributed by atoms with Crippen molar-refractivity contribution in [3.05, 3.63) is 76.0 Å². The minimum Gasteiger partial charge on any atom is -0.354 e. The Kier molecular flexibility index (Phi) is 8.21. The molecule has 3 aromatic rings. The average molecular weight is 498 g/mol. The number of aryl methyl sites for hydroxylation is 4. The van der Waals surface area contributed by atoms with Gasteiger partial charge < -0.3 is 15.1 Å². The van der Waals surface area contributed by atoms with Gasteiger partial charge in [-0.3, -0.25) is 0 Å². The van der Waals surface area contributed by atoms with E-state index in [1.165, 1.54) is 52.6 Å². The van der Waals surface area contributed by atoms with Crippen LogP contribution in [-0.4, -0.2) is 54.6 Å². The fraction of sp³-hybridized carbons (Fsp3) is 0.500. The molecule has 1 fully saturated rings. The van der Waals surface area contributed by atoms with Crippen LogP contribution in [0.5, 0.6) is 0 Å². The van der Waals surface area contributed by atoms with Crippen molar-refractivity contribution in [2.24, 2.45) is 0 Å². The van der Waals surface area contributed by atoms with Gasteiger partial charge in [-0.05, 0) is 81.3 Å². The van der Waals surface area contributed by atoms with Crippen LogP contribution in [0.2, 0.25) is 0 Å². The Bertz CT molecular complexity index is 1190. The van der Waals surface area contributed by atoms with E-state index in [0.717, 1.165) is 69.3 Å². The Morgan fingerprint density at radius 1 is 0.919 bits per heavy atom. The van der Waals surface area contributed by atoms with Crippen LogP contribution in [0.15, 0.2) is 42.5 Å². The van der Waals surface area contributed by atoms with Crippen molar-refractivity contribution in [3.63, 3.8) is 0 Å². The van der Waals surface area contributed by atoms with Gasteiger partial charge in [-0.15, -0.1) is 0 Å². The second-order valence-electron chi connectivity index (χ2n) is 10.7. The van der Waals surface area contributed by atoms with E-state index in [1.54, 1.807) is 0 Å². The number of piperazine rings is 1. The molecule has 0 unspecified atom stereocenters. The van der Waals surface area contributed by atoms with Crippen LogP contribution in [0.3, 0.4) is 0 Å². The molecular weight excluding hydrogens is 454 g/mol. The standard InChI is InChI=1S/C32H43N5/c1-5-24-12-9-13-25(6-2)30(24)31-34-23(3)27(32(35-31)37-21-19-36(4)20-22-37)17-18-33-29-16-10-14-26-11-7-8-15-28(26)29/h7-9,11-13,15,29,33H,5-6,10,14,16-22H2,1-4H3/t29-/m0/s1. The smallest absolute Gasteiger partial charge is 0.162 e. The number of anilines is 1. The highest BCUT2D eigenvalue weighted by Gasteiger charge is 2.24. The van der Waals surface area contributed by atoms with Crippen molar-refractivity contribution in [3.8, 4) is 11.4 Å². The second-order valence-corrected chi connectivity index (χ2v) is 10.7. The van der Waals surface area contributed by atoms with Crippen molar-refractivity contribution in [1.29, 1.82) is 0 Å². The van der Waals surface area contributed by atoms with Gasteiger partial charge in [0, 0.05) is 49.0 Å². The summed E-state index contributed by atoms with van der Waals surface area (Å²) in [6, 6.07) is 16.1. The molecule has 0 amide bonds. The van der Waals surface area contributed by atoms with Gasteiger partial charge in [-0.2, -0.15) is 0 Å². The zero-order valence-electron chi connectivity index (χ0n) is 23.2. The zero-order valence-corrected chi connectivity index (χ0v) is 23.2. The average Bonchev–Trinajstić information content (AvgIpc) is 2.93. The largest absolute Gasteiger partial charge is 0.354 e. The van der Waals surface area contributed by atoms with Crippen LogP contribution in [0.4, 0.5) is 5.82 Å². The molecule has 2 aliphatic rings. The molecule has 196 valence electrons. The predicted molar refractivity (Wildman–Crippen MR) is 154 cm³/mol. The molecule has 1 N–H and O–H groups in total. The Morgan fingerprint density at radius 3 is 2.38 bits per heavy atom. The maximum atomic E-state index is 5.34. The van der Waals surface area contributed by atoms with E-state index in [4.69, 9.17) is 9.97 Å². The van der Waals surface area contributed by atoms with Crippen molar-refractivity contribution in [2.75, 3.05) is 44.7 Å². The molecule has 5 rings (SSSR count). The molecule has 1 aliphatic heterocycles. The van der Waals surface area contributed by atoms with E-state index in [1.807, 2.05) is 0 Å². The van der Waals surface area contributed by atoms with E-state index in [-0.39, 0.29) is 0 Å². The molecule has 1 aromatic heterocycles. The number of nitrogens with one attached hydrogen (secondary N) is 1. The second kappa shape index (κ2) is 11.7. The first-order valence-corrected chi connectivity index (χ1v) is 14.3. The Balaban J connectivity index is 1.45. The third kappa shape index (κ3) is 5.58. The number of rotatable bonds is 8. The lowest BCUT2D eigenvalue weighted by molar-refractivity contribution is 0.311. The first-order valence-electron chi connectivity index (χ1n) is 14.3. The molecule has 0 bridgehead atoms. The molecule has 0 spiro atoms.